The zero-order chi connectivity index (χ0) is 17.1. The molecule has 2 heterocycles. The van der Waals surface area contributed by atoms with Crippen LogP contribution in [-0.2, 0) is 0 Å². The highest BCUT2D eigenvalue weighted by Gasteiger charge is 2.12. The lowest BCUT2D eigenvalue weighted by Gasteiger charge is -2.14. The number of nitrogens with zero attached hydrogens (tertiary/aromatic N) is 3. The van der Waals surface area contributed by atoms with Crippen LogP contribution in [0.15, 0.2) is 36.5 Å². The van der Waals surface area contributed by atoms with Crippen LogP contribution in [0.2, 0.25) is 5.02 Å². The number of rotatable bonds is 5. The minimum absolute atomic E-state index is 0.158. The van der Waals surface area contributed by atoms with Crippen molar-refractivity contribution in [2.45, 2.75) is 20.0 Å². The second-order valence-corrected chi connectivity index (χ2v) is 5.63. The van der Waals surface area contributed by atoms with E-state index in [1.54, 1.807) is 12.1 Å². The van der Waals surface area contributed by atoms with E-state index in [0.29, 0.717) is 16.7 Å². The quantitative estimate of drug-likeness (QED) is 0.724. The number of anilines is 2. The van der Waals surface area contributed by atoms with Crippen molar-refractivity contribution in [3.8, 4) is 6.01 Å². The summed E-state index contributed by atoms with van der Waals surface area (Å²) in [6.45, 7) is 3.72. The Morgan fingerprint density at radius 3 is 2.71 bits per heavy atom. The van der Waals surface area contributed by atoms with Gasteiger partial charge in [0, 0.05) is 11.8 Å². The Balaban J connectivity index is 1.76. The van der Waals surface area contributed by atoms with Gasteiger partial charge < -0.3 is 10.1 Å². The standard InChI is InChI=1S/C16H15ClFN5O/c1-9-7-14(23-22-9)20-15-13(17)8-19-16(21-15)24-10(2)11-3-5-12(18)6-4-11/h3-8,10H,1-2H3,(H2,19,20,21,22,23)/t10-/m1/s1. The molecule has 2 aromatic heterocycles. The van der Waals surface area contributed by atoms with E-state index in [0.717, 1.165) is 11.3 Å². The van der Waals surface area contributed by atoms with E-state index in [-0.39, 0.29) is 17.9 Å². The van der Waals surface area contributed by atoms with Crippen LogP contribution in [0.25, 0.3) is 0 Å². The zero-order valence-corrected chi connectivity index (χ0v) is 13.8. The van der Waals surface area contributed by atoms with Gasteiger partial charge in [0.2, 0.25) is 0 Å². The summed E-state index contributed by atoms with van der Waals surface area (Å²) in [4.78, 5) is 8.32. The van der Waals surface area contributed by atoms with Crippen molar-refractivity contribution in [2.24, 2.45) is 0 Å². The molecule has 3 rings (SSSR count). The molecule has 8 heteroatoms. The fourth-order valence-electron chi connectivity index (χ4n) is 2.06. The lowest BCUT2D eigenvalue weighted by atomic mass is 10.1. The summed E-state index contributed by atoms with van der Waals surface area (Å²) in [5.74, 6) is 0.680. The van der Waals surface area contributed by atoms with Crippen molar-refractivity contribution in [1.82, 2.24) is 20.2 Å². The number of H-pyrrole nitrogens is 1. The fourth-order valence-corrected chi connectivity index (χ4v) is 2.20. The van der Waals surface area contributed by atoms with Gasteiger partial charge in [-0.25, -0.2) is 9.37 Å². The largest absolute Gasteiger partial charge is 0.456 e. The molecule has 0 fully saturated rings. The highest BCUT2D eigenvalue weighted by molar-refractivity contribution is 6.32. The minimum atomic E-state index is -0.341. The first-order valence-corrected chi connectivity index (χ1v) is 7.63. The number of aryl methyl sites for hydroxylation is 1. The van der Waals surface area contributed by atoms with Crippen LogP contribution in [0.1, 0.15) is 24.3 Å². The van der Waals surface area contributed by atoms with Gasteiger partial charge in [0.25, 0.3) is 0 Å². The van der Waals surface area contributed by atoms with Crippen molar-refractivity contribution in [1.29, 1.82) is 0 Å². The molecule has 0 radical (unpaired) electrons. The van der Waals surface area contributed by atoms with Gasteiger partial charge in [-0.1, -0.05) is 23.7 Å². The van der Waals surface area contributed by atoms with Crippen molar-refractivity contribution in [3.05, 3.63) is 58.6 Å². The summed E-state index contributed by atoms with van der Waals surface area (Å²) in [5.41, 5.74) is 1.72. The maximum atomic E-state index is 13.0. The fraction of sp³-hybridized carbons (Fsp3) is 0.188. The number of aromatic nitrogens is 4. The van der Waals surface area contributed by atoms with Crippen LogP contribution >= 0.6 is 11.6 Å². The summed E-state index contributed by atoms with van der Waals surface area (Å²) in [6, 6.07) is 8.05. The van der Waals surface area contributed by atoms with Crippen LogP contribution in [0.3, 0.4) is 0 Å². The molecule has 0 bridgehead atoms. The monoisotopic (exact) mass is 347 g/mol. The average Bonchev–Trinajstić information content (AvgIpc) is 2.96. The molecule has 0 aliphatic heterocycles. The lowest BCUT2D eigenvalue weighted by molar-refractivity contribution is 0.207. The molecule has 124 valence electrons. The molecule has 0 spiro atoms. The third kappa shape index (κ3) is 3.80. The summed E-state index contributed by atoms with van der Waals surface area (Å²) < 4.78 is 18.7. The molecule has 0 saturated carbocycles. The SMILES string of the molecule is Cc1cc(Nc2nc(O[C@H](C)c3ccc(F)cc3)ncc2Cl)n[nH]1. The molecule has 1 aromatic carbocycles. The molecule has 0 unspecified atom stereocenters. The van der Waals surface area contributed by atoms with Gasteiger partial charge in [0.05, 0.1) is 6.20 Å². The van der Waals surface area contributed by atoms with Crippen molar-refractivity contribution in [3.63, 3.8) is 0 Å². The van der Waals surface area contributed by atoms with Crippen LogP contribution in [-0.4, -0.2) is 20.2 Å². The van der Waals surface area contributed by atoms with E-state index in [4.69, 9.17) is 16.3 Å². The zero-order valence-electron chi connectivity index (χ0n) is 13.0. The van der Waals surface area contributed by atoms with Crippen LogP contribution < -0.4 is 10.1 Å². The summed E-state index contributed by atoms with van der Waals surface area (Å²) >= 11 is 6.10. The van der Waals surface area contributed by atoms with Crippen LogP contribution in [0.4, 0.5) is 16.0 Å². The third-order valence-corrected chi connectivity index (χ3v) is 3.57. The highest BCUT2D eigenvalue weighted by atomic mass is 35.5. The van der Waals surface area contributed by atoms with Crippen molar-refractivity contribution < 1.29 is 9.13 Å². The number of hydrogen-bond acceptors (Lipinski definition) is 5. The van der Waals surface area contributed by atoms with E-state index in [9.17, 15) is 4.39 Å². The molecule has 24 heavy (non-hydrogen) atoms. The average molecular weight is 348 g/mol. The predicted octanol–water partition coefficient (Wildman–Crippen LogP) is 4.18. The Kier molecular flexibility index (Phi) is 4.61. The lowest BCUT2D eigenvalue weighted by Crippen LogP contribution is -2.07. The van der Waals surface area contributed by atoms with E-state index in [2.05, 4.69) is 25.5 Å². The van der Waals surface area contributed by atoms with Crippen molar-refractivity contribution >= 4 is 23.2 Å². The number of aromatic amines is 1. The van der Waals surface area contributed by atoms with E-state index < -0.39 is 0 Å². The number of nitrogens with one attached hydrogen (secondary N) is 2. The molecule has 0 saturated heterocycles. The Morgan fingerprint density at radius 1 is 1.29 bits per heavy atom. The van der Waals surface area contributed by atoms with Gasteiger partial charge in [-0.15, -0.1) is 0 Å². The second-order valence-electron chi connectivity index (χ2n) is 5.22. The predicted molar refractivity (Wildman–Crippen MR) is 89.1 cm³/mol. The van der Waals surface area contributed by atoms with Gasteiger partial charge in [-0.3, -0.25) is 5.10 Å². The molecule has 0 amide bonds. The molecular weight excluding hydrogens is 333 g/mol. The maximum Gasteiger partial charge on any atom is 0.319 e. The van der Waals surface area contributed by atoms with Gasteiger partial charge in [0.15, 0.2) is 11.6 Å². The van der Waals surface area contributed by atoms with Gasteiger partial charge >= 0.3 is 6.01 Å². The van der Waals surface area contributed by atoms with Crippen LogP contribution in [0, 0.1) is 12.7 Å². The Bertz CT molecular complexity index is 837. The Labute approximate surface area is 143 Å². The molecule has 0 aliphatic carbocycles. The topological polar surface area (TPSA) is 75.7 Å². The van der Waals surface area contributed by atoms with Gasteiger partial charge in [0.1, 0.15) is 16.9 Å². The van der Waals surface area contributed by atoms with Gasteiger partial charge in [-0.05, 0) is 31.5 Å². The second kappa shape index (κ2) is 6.84. The number of hydrogen-bond donors (Lipinski definition) is 2. The van der Waals surface area contributed by atoms with Crippen molar-refractivity contribution in [2.75, 3.05) is 5.32 Å². The van der Waals surface area contributed by atoms with E-state index in [1.165, 1.54) is 18.3 Å². The molecule has 3 aromatic rings. The molecular formula is C16H15ClFN5O. The molecule has 2 N–H and O–H groups in total. The first-order valence-electron chi connectivity index (χ1n) is 7.25. The smallest absolute Gasteiger partial charge is 0.319 e. The highest BCUT2D eigenvalue weighted by Crippen LogP contribution is 2.26. The summed E-state index contributed by atoms with van der Waals surface area (Å²) in [5, 5.41) is 10.2. The number of ether oxygens (including phenoxy) is 1. The maximum absolute atomic E-state index is 13.0. The minimum Gasteiger partial charge on any atom is -0.456 e. The molecule has 1 atom stereocenters. The number of benzene rings is 1. The molecule has 0 aliphatic rings. The Hall–Kier alpha value is -2.67. The molecule has 6 nitrogen and oxygen atoms in total. The Morgan fingerprint density at radius 2 is 2.04 bits per heavy atom. The summed E-state index contributed by atoms with van der Waals surface area (Å²) in [6.07, 6.45) is 1.11. The van der Waals surface area contributed by atoms with Gasteiger partial charge in [-0.2, -0.15) is 10.1 Å². The first-order chi connectivity index (χ1) is 11.5. The number of halogens is 2. The van der Waals surface area contributed by atoms with E-state index >= 15 is 0 Å². The first kappa shape index (κ1) is 16.2. The third-order valence-electron chi connectivity index (χ3n) is 3.30. The van der Waals surface area contributed by atoms with Crippen LogP contribution in [0.5, 0.6) is 6.01 Å². The summed E-state index contributed by atoms with van der Waals surface area (Å²) in [7, 11) is 0. The van der Waals surface area contributed by atoms with E-state index in [1.807, 2.05) is 19.9 Å². The normalized spacial score (nSPS) is 12.0.